The third-order valence-corrected chi connectivity index (χ3v) is 3.23. The van der Waals surface area contributed by atoms with Crippen molar-refractivity contribution in [1.82, 2.24) is 0 Å². The van der Waals surface area contributed by atoms with Gasteiger partial charge in [-0.3, -0.25) is 0 Å². The maximum absolute atomic E-state index is 10.1. The molecule has 0 spiro atoms. The molecule has 1 N–H and O–H groups in total. The molecule has 0 aromatic rings. The van der Waals surface area contributed by atoms with E-state index in [1.807, 2.05) is 27.7 Å². The monoisotopic (exact) mass is 532 g/mol. The molecule has 9 heteroatoms. The molecule has 2 fully saturated rings. The van der Waals surface area contributed by atoms with Gasteiger partial charge in [0.15, 0.2) is 11.6 Å². The summed E-state index contributed by atoms with van der Waals surface area (Å²) in [5.74, 6) is 3.78. The second-order valence-electron chi connectivity index (χ2n) is 8.25. The van der Waals surface area contributed by atoms with Gasteiger partial charge in [0, 0.05) is 0 Å². The van der Waals surface area contributed by atoms with Gasteiger partial charge in [-0.15, -0.1) is 18.4 Å². The van der Waals surface area contributed by atoms with Crippen LogP contribution in [-0.4, -0.2) is 72.9 Å². The van der Waals surface area contributed by atoms with Crippen LogP contribution in [0.3, 0.4) is 0 Å². The first-order valence-corrected chi connectivity index (χ1v) is 10.8. The summed E-state index contributed by atoms with van der Waals surface area (Å²) in [6.45, 7) is 14.3. The van der Waals surface area contributed by atoms with E-state index in [0.717, 1.165) is 0 Å². The van der Waals surface area contributed by atoms with Gasteiger partial charge in [-0.25, -0.2) is 0 Å². The molecule has 176 valence electrons. The maximum atomic E-state index is 10.1. The van der Waals surface area contributed by atoms with Gasteiger partial charge in [0.2, 0.25) is 0 Å². The average molecular weight is 534 g/mol. The van der Waals surface area contributed by atoms with Crippen LogP contribution in [0.15, 0.2) is 0 Å². The number of aliphatic hydroxyl groups excluding tert-OH is 1. The van der Waals surface area contributed by atoms with Crippen molar-refractivity contribution in [3.8, 4) is 24.7 Å². The third-order valence-electron chi connectivity index (χ3n) is 2.90. The fraction of sp³-hybridized carbons (Fsp3) is 0.818. The van der Waals surface area contributed by atoms with Crippen LogP contribution in [0.2, 0.25) is 0 Å². The normalized spacial score (nSPS) is 22.6. The standard InChI is InChI=1S/C9H14O3.C6H12O3.C4H9O.C3H3Br.K/c1-4-5-10-6-8-7-11-9(2,3)12-8;1-6(2)8-4-5(3-7)9-6;1-4(2,3)5;1-2-3-4;/h1,8H,5-7H2,2-3H3;5,7H,3-4H2,1-2H3;1-3H3;1H,3H2;/q;;-1;;+1. The molecule has 2 saturated heterocycles. The zero-order valence-electron chi connectivity index (χ0n) is 20.3. The molecule has 2 atom stereocenters. The van der Waals surface area contributed by atoms with Crippen LogP contribution < -0.4 is 56.5 Å². The van der Waals surface area contributed by atoms with Crippen molar-refractivity contribution < 1.29 is 85.3 Å². The fourth-order valence-corrected chi connectivity index (χ4v) is 1.95. The molecule has 0 aromatic heterocycles. The van der Waals surface area contributed by atoms with Crippen LogP contribution >= 0.6 is 15.9 Å². The maximum Gasteiger partial charge on any atom is 1.00 e. The number of halogens is 1. The largest absolute Gasteiger partial charge is 1.00 e. The van der Waals surface area contributed by atoms with Crippen molar-refractivity contribution in [2.45, 2.75) is 77.8 Å². The minimum absolute atomic E-state index is 0. The molecule has 2 aliphatic heterocycles. The summed E-state index contributed by atoms with van der Waals surface area (Å²) in [4.78, 5) is 0. The van der Waals surface area contributed by atoms with Gasteiger partial charge in [0.05, 0.1) is 31.8 Å². The van der Waals surface area contributed by atoms with E-state index in [0.29, 0.717) is 31.8 Å². The van der Waals surface area contributed by atoms with Crippen molar-refractivity contribution >= 4 is 15.9 Å². The molecule has 2 heterocycles. The minimum Gasteiger partial charge on any atom is -0.850 e. The third kappa shape index (κ3) is 27.1. The Hall–Kier alpha value is 0.956. The second-order valence-corrected chi connectivity index (χ2v) is 8.81. The Kier molecular flexibility index (Phi) is 22.7. The topological polar surface area (TPSA) is 89.4 Å². The Balaban J connectivity index is -0.000000366. The Bertz CT molecular complexity index is 515. The molecule has 31 heavy (non-hydrogen) atoms. The van der Waals surface area contributed by atoms with Crippen LogP contribution in [0, 0.1) is 24.7 Å². The van der Waals surface area contributed by atoms with Gasteiger partial charge in [0.25, 0.3) is 0 Å². The predicted molar refractivity (Wildman–Crippen MR) is 119 cm³/mol. The smallest absolute Gasteiger partial charge is 0.850 e. The SMILES string of the molecule is C#CCBr.C#CCOCC1COC(C)(C)O1.CC(C)(C)[O-].CC1(C)OCC(CO)O1.[K+]. The van der Waals surface area contributed by atoms with E-state index in [1.165, 1.54) is 0 Å². The average Bonchev–Trinajstić information content (AvgIpc) is 3.15. The second kappa shape index (κ2) is 19.3. The summed E-state index contributed by atoms with van der Waals surface area (Å²) in [5, 5.41) is 19.4. The number of ether oxygens (including phenoxy) is 5. The van der Waals surface area contributed by atoms with E-state index in [9.17, 15) is 5.11 Å². The zero-order chi connectivity index (χ0) is 23.8. The van der Waals surface area contributed by atoms with Crippen LogP contribution in [-0.2, 0) is 23.7 Å². The quantitative estimate of drug-likeness (QED) is 0.217. The van der Waals surface area contributed by atoms with E-state index < -0.39 is 17.2 Å². The number of aliphatic hydroxyl groups is 1. The molecular formula is C22H38BrKO7. The van der Waals surface area contributed by atoms with E-state index in [-0.39, 0.29) is 70.2 Å². The summed E-state index contributed by atoms with van der Waals surface area (Å²) in [6, 6.07) is 0. The van der Waals surface area contributed by atoms with Crippen LogP contribution in [0.4, 0.5) is 0 Å². The van der Waals surface area contributed by atoms with E-state index in [4.69, 9.17) is 41.6 Å². The van der Waals surface area contributed by atoms with Crippen LogP contribution in [0.1, 0.15) is 48.5 Å². The van der Waals surface area contributed by atoms with Crippen molar-refractivity contribution in [2.75, 3.05) is 38.4 Å². The van der Waals surface area contributed by atoms with Gasteiger partial charge < -0.3 is 33.9 Å². The van der Waals surface area contributed by atoms with Crippen molar-refractivity contribution in [3.05, 3.63) is 0 Å². The van der Waals surface area contributed by atoms with Crippen LogP contribution in [0.25, 0.3) is 0 Å². The molecule has 0 radical (unpaired) electrons. The first-order chi connectivity index (χ1) is 13.7. The van der Waals surface area contributed by atoms with Gasteiger partial charge in [-0.05, 0) is 27.7 Å². The van der Waals surface area contributed by atoms with Gasteiger partial charge in [-0.2, -0.15) is 0 Å². The van der Waals surface area contributed by atoms with E-state index >= 15 is 0 Å². The molecule has 0 bridgehead atoms. The van der Waals surface area contributed by atoms with Crippen molar-refractivity contribution in [3.63, 3.8) is 0 Å². The minimum atomic E-state index is -0.750. The molecule has 0 saturated carbocycles. The van der Waals surface area contributed by atoms with Crippen molar-refractivity contribution in [2.24, 2.45) is 0 Å². The fourth-order valence-electron chi connectivity index (χ4n) is 1.95. The van der Waals surface area contributed by atoms with Crippen molar-refractivity contribution in [1.29, 1.82) is 0 Å². The summed E-state index contributed by atoms with van der Waals surface area (Å²) in [7, 11) is 0. The molecule has 2 unspecified atom stereocenters. The summed E-state index contributed by atoms with van der Waals surface area (Å²) in [6.07, 6.45) is 9.65. The molecular weight excluding hydrogens is 495 g/mol. The van der Waals surface area contributed by atoms with Crippen LogP contribution in [0.5, 0.6) is 0 Å². The molecule has 2 aliphatic rings. The number of terminal acetylenes is 2. The molecule has 0 aliphatic carbocycles. The first-order valence-electron chi connectivity index (χ1n) is 9.65. The Morgan fingerprint density at radius 2 is 1.42 bits per heavy atom. The number of hydrogen-bond donors (Lipinski definition) is 1. The molecule has 7 nitrogen and oxygen atoms in total. The Morgan fingerprint density at radius 1 is 1.03 bits per heavy atom. The molecule has 2 rings (SSSR count). The number of hydrogen-bond acceptors (Lipinski definition) is 7. The van der Waals surface area contributed by atoms with Gasteiger partial charge >= 0.3 is 51.4 Å². The summed E-state index contributed by atoms with van der Waals surface area (Å²) in [5.41, 5.74) is -0.750. The zero-order valence-corrected chi connectivity index (χ0v) is 25.0. The van der Waals surface area contributed by atoms with Gasteiger partial charge in [0.1, 0.15) is 18.8 Å². The molecule has 0 aromatic carbocycles. The first kappa shape index (κ1) is 36.5. The summed E-state index contributed by atoms with van der Waals surface area (Å²) >= 11 is 3.01. The van der Waals surface area contributed by atoms with E-state index in [2.05, 4.69) is 27.8 Å². The Labute approximate surface area is 239 Å². The summed E-state index contributed by atoms with van der Waals surface area (Å²) < 4.78 is 26.3. The molecule has 0 amide bonds. The van der Waals surface area contributed by atoms with Gasteiger partial charge in [-0.1, -0.05) is 48.5 Å². The predicted octanol–water partition coefficient (Wildman–Crippen LogP) is -0.918. The number of alkyl halides is 1. The Morgan fingerprint density at radius 3 is 1.65 bits per heavy atom. The van der Waals surface area contributed by atoms with E-state index in [1.54, 1.807) is 20.8 Å². The number of rotatable bonds is 4.